The number of benzene rings is 1. The molecule has 1 aromatic carbocycles. The summed E-state index contributed by atoms with van der Waals surface area (Å²) in [6, 6.07) is 9.90. The fourth-order valence-corrected chi connectivity index (χ4v) is 3.36. The Morgan fingerprint density at radius 3 is 2.73 bits per heavy atom. The van der Waals surface area contributed by atoms with Crippen molar-refractivity contribution in [3.8, 4) is 0 Å². The van der Waals surface area contributed by atoms with Crippen molar-refractivity contribution in [3.63, 3.8) is 0 Å². The highest BCUT2D eigenvalue weighted by Crippen LogP contribution is 2.24. The summed E-state index contributed by atoms with van der Waals surface area (Å²) in [6.45, 7) is 4.16. The summed E-state index contributed by atoms with van der Waals surface area (Å²) in [7, 11) is 0. The Bertz CT molecular complexity index is 892. The summed E-state index contributed by atoms with van der Waals surface area (Å²) in [5, 5.41) is 5.56. The number of thiazole rings is 1. The second kappa shape index (κ2) is 8.10. The molecule has 26 heavy (non-hydrogen) atoms. The Labute approximate surface area is 157 Å². The molecule has 5 nitrogen and oxygen atoms in total. The van der Waals surface area contributed by atoms with Gasteiger partial charge in [0, 0.05) is 24.2 Å². The van der Waals surface area contributed by atoms with Gasteiger partial charge in [0.2, 0.25) is 5.91 Å². The normalized spacial score (nSPS) is 11.9. The van der Waals surface area contributed by atoms with E-state index in [4.69, 9.17) is 5.73 Å². The number of anilines is 1. The van der Waals surface area contributed by atoms with Crippen molar-refractivity contribution in [2.75, 3.05) is 5.73 Å². The van der Waals surface area contributed by atoms with Gasteiger partial charge in [0.05, 0.1) is 11.7 Å². The summed E-state index contributed by atoms with van der Waals surface area (Å²) >= 11 is 1.39. The Morgan fingerprint density at radius 1 is 1.23 bits per heavy atom. The topological polar surface area (TPSA) is 80.9 Å². The number of nitrogens with one attached hydrogen (secondary N) is 1. The van der Waals surface area contributed by atoms with Crippen LogP contribution in [0, 0.1) is 13.8 Å². The third-order valence-electron chi connectivity index (χ3n) is 4.37. The summed E-state index contributed by atoms with van der Waals surface area (Å²) in [5.74, 6) is -0.0244. The van der Waals surface area contributed by atoms with E-state index in [1.54, 1.807) is 12.4 Å². The van der Waals surface area contributed by atoms with Gasteiger partial charge < -0.3 is 11.1 Å². The number of nitrogens with zero attached hydrogens (tertiary/aromatic N) is 2. The van der Waals surface area contributed by atoms with Crippen LogP contribution in [0.1, 0.15) is 40.4 Å². The van der Waals surface area contributed by atoms with Gasteiger partial charge >= 0.3 is 0 Å². The number of hydrogen-bond donors (Lipinski definition) is 2. The summed E-state index contributed by atoms with van der Waals surface area (Å²) in [5.41, 5.74) is 10.9. The molecule has 1 amide bonds. The predicted molar refractivity (Wildman–Crippen MR) is 105 cm³/mol. The number of carbonyl (C=O) groups excluding carboxylic acids is 1. The predicted octanol–water partition coefficient (Wildman–Crippen LogP) is 3.58. The highest BCUT2D eigenvalue weighted by atomic mass is 32.1. The summed E-state index contributed by atoms with van der Waals surface area (Å²) in [6.07, 6.45) is 4.47. The first-order valence-electron chi connectivity index (χ1n) is 8.49. The molecule has 0 bridgehead atoms. The largest absolute Gasteiger partial charge is 0.375 e. The molecule has 6 heteroatoms. The molecule has 0 unspecified atom stereocenters. The van der Waals surface area contributed by atoms with Crippen LogP contribution in [0.3, 0.4) is 0 Å². The van der Waals surface area contributed by atoms with Crippen LogP contribution < -0.4 is 11.1 Å². The van der Waals surface area contributed by atoms with Crippen LogP contribution in [-0.4, -0.2) is 15.9 Å². The minimum atomic E-state index is -0.226. The minimum Gasteiger partial charge on any atom is -0.375 e. The first-order chi connectivity index (χ1) is 12.5. The van der Waals surface area contributed by atoms with Crippen molar-refractivity contribution in [1.29, 1.82) is 0 Å². The maximum atomic E-state index is 12.5. The van der Waals surface area contributed by atoms with Crippen molar-refractivity contribution in [2.45, 2.75) is 32.7 Å². The van der Waals surface area contributed by atoms with Crippen LogP contribution in [0.2, 0.25) is 0 Å². The molecule has 0 saturated heterocycles. The average Bonchev–Trinajstić information content (AvgIpc) is 3.06. The number of pyridine rings is 1. The van der Waals surface area contributed by atoms with Gasteiger partial charge in [-0.3, -0.25) is 9.78 Å². The maximum absolute atomic E-state index is 12.5. The molecule has 2 heterocycles. The zero-order chi connectivity index (χ0) is 18.5. The second-order valence-corrected chi connectivity index (χ2v) is 7.20. The first-order valence-corrected chi connectivity index (χ1v) is 9.37. The van der Waals surface area contributed by atoms with Crippen molar-refractivity contribution in [2.24, 2.45) is 0 Å². The van der Waals surface area contributed by atoms with Crippen LogP contribution in [-0.2, 0) is 11.2 Å². The molecular weight excluding hydrogens is 344 g/mol. The highest BCUT2D eigenvalue weighted by molar-refractivity contribution is 7.13. The van der Waals surface area contributed by atoms with Gasteiger partial charge in [-0.05, 0) is 48.6 Å². The van der Waals surface area contributed by atoms with E-state index in [1.165, 1.54) is 22.5 Å². The van der Waals surface area contributed by atoms with Crippen molar-refractivity contribution in [3.05, 3.63) is 76.1 Å². The quantitative estimate of drug-likeness (QED) is 0.699. The fraction of sp³-hybridized carbons (Fsp3) is 0.250. The molecule has 0 aliphatic heterocycles. The number of rotatable bonds is 6. The van der Waals surface area contributed by atoms with Gasteiger partial charge in [-0.1, -0.05) is 24.3 Å². The molecule has 2 aromatic heterocycles. The van der Waals surface area contributed by atoms with E-state index in [0.717, 1.165) is 16.8 Å². The molecule has 0 aliphatic rings. The number of aromatic nitrogens is 2. The van der Waals surface area contributed by atoms with Crippen LogP contribution in [0.5, 0.6) is 0 Å². The zero-order valence-electron chi connectivity index (χ0n) is 14.9. The molecule has 3 rings (SSSR count). The lowest BCUT2D eigenvalue weighted by atomic mass is 9.96. The number of nitrogen functional groups attached to an aromatic ring is 1. The first kappa shape index (κ1) is 18.1. The SMILES string of the molecule is Cc1ccc([C@@H](NC(=O)CCc2csc(N)n2)c2cccnc2)cc1C. The van der Waals surface area contributed by atoms with E-state index >= 15 is 0 Å². The molecule has 0 radical (unpaired) electrons. The third kappa shape index (κ3) is 4.46. The number of amides is 1. The van der Waals surface area contributed by atoms with Gasteiger partial charge in [0.15, 0.2) is 5.13 Å². The van der Waals surface area contributed by atoms with E-state index in [1.807, 2.05) is 17.5 Å². The van der Waals surface area contributed by atoms with Crippen molar-refractivity contribution in [1.82, 2.24) is 15.3 Å². The van der Waals surface area contributed by atoms with Gasteiger partial charge in [-0.2, -0.15) is 0 Å². The molecule has 0 fully saturated rings. The van der Waals surface area contributed by atoms with Gasteiger partial charge in [-0.25, -0.2) is 4.98 Å². The smallest absolute Gasteiger partial charge is 0.221 e. The molecule has 134 valence electrons. The molecular formula is C20H22N4OS. The molecule has 3 N–H and O–H groups in total. The van der Waals surface area contributed by atoms with Crippen LogP contribution in [0.25, 0.3) is 0 Å². The molecule has 0 saturated carbocycles. The molecule has 0 aliphatic carbocycles. The number of nitrogens with two attached hydrogens (primary N) is 1. The average molecular weight is 366 g/mol. The van der Waals surface area contributed by atoms with E-state index in [0.29, 0.717) is 18.0 Å². The van der Waals surface area contributed by atoms with Crippen LogP contribution in [0.15, 0.2) is 48.1 Å². The van der Waals surface area contributed by atoms with Gasteiger partial charge in [-0.15, -0.1) is 11.3 Å². The van der Waals surface area contributed by atoms with Crippen LogP contribution >= 0.6 is 11.3 Å². The Hall–Kier alpha value is -2.73. The van der Waals surface area contributed by atoms with Crippen molar-refractivity contribution >= 4 is 22.4 Å². The lowest BCUT2D eigenvalue weighted by Gasteiger charge is -2.20. The molecule has 3 aromatic rings. The highest BCUT2D eigenvalue weighted by Gasteiger charge is 2.18. The van der Waals surface area contributed by atoms with E-state index < -0.39 is 0 Å². The van der Waals surface area contributed by atoms with Crippen molar-refractivity contribution < 1.29 is 4.79 Å². The van der Waals surface area contributed by atoms with E-state index in [2.05, 4.69) is 47.3 Å². The van der Waals surface area contributed by atoms with Crippen LogP contribution in [0.4, 0.5) is 5.13 Å². The Kier molecular flexibility index (Phi) is 5.63. The lowest BCUT2D eigenvalue weighted by Crippen LogP contribution is -2.29. The number of carbonyl (C=O) groups is 1. The standard InChI is InChI=1S/C20H22N4OS/c1-13-5-6-15(10-14(13)2)19(16-4-3-9-22-11-16)24-18(25)8-7-17-12-26-20(21)23-17/h3-6,9-12,19H,7-8H2,1-2H3,(H2,21,23)(H,24,25)/t19-/m1/s1. The summed E-state index contributed by atoms with van der Waals surface area (Å²) < 4.78 is 0. The van der Waals surface area contributed by atoms with E-state index in [9.17, 15) is 4.79 Å². The molecule has 0 spiro atoms. The Balaban J connectivity index is 1.77. The monoisotopic (exact) mass is 366 g/mol. The molecule has 1 atom stereocenters. The Morgan fingerprint density at radius 2 is 2.08 bits per heavy atom. The number of aryl methyl sites for hydroxylation is 3. The minimum absolute atomic E-state index is 0.0244. The van der Waals surface area contributed by atoms with Gasteiger partial charge in [0.25, 0.3) is 0 Å². The number of hydrogen-bond acceptors (Lipinski definition) is 5. The van der Waals surface area contributed by atoms with Gasteiger partial charge in [0.1, 0.15) is 0 Å². The third-order valence-corrected chi connectivity index (χ3v) is 5.09. The second-order valence-electron chi connectivity index (χ2n) is 6.31. The fourth-order valence-electron chi connectivity index (χ4n) is 2.76. The zero-order valence-corrected chi connectivity index (χ0v) is 15.7. The summed E-state index contributed by atoms with van der Waals surface area (Å²) in [4.78, 5) is 21.0. The maximum Gasteiger partial charge on any atom is 0.221 e. The lowest BCUT2D eigenvalue weighted by molar-refractivity contribution is -0.121. The van der Waals surface area contributed by atoms with E-state index in [-0.39, 0.29) is 11.9 Å².